The molecule has 0 atom stereocenters. The molecule has 0 saturated carbocycles. The Balaban J connectivity index is 0.000000277. The molecule has 1 aromatic carbocycles. The van der Waals surface area contributed by atoms with E-state index in [0.717, 1.165) is 0 Å². The van der Waals surface area contributed by atoms with Gasteiger partial charge in [0, 0.05) is 18.6 Å². The number of phenols is 1. The zero-order valence-corrected chi connectivity index (χ0v) is 15.3. The Bertz CT molecular complexity index is 691. The highest BCUT2D eigenvalue weighted by Crippen LogP contribution is 2.16. The first-order valence-electron chi connectivity index (χ1n) is 8.64. The van der Waals surface area contributed by atoms with Crippen molar-refractivity contribution in [3.05, 3.63) is 73.1 Å². The van der Waals surface area contributed by atoms with Gasteiger partial charge in [0.2, 0.25) is 0 Å². The number of hydrogen-bond acceptors (Lipinski definition) is 4. The van der Waals surface area contributed by atoms with E-state index >= 15 is 0 Å². The molecule has 2 heterocycles. The molecule has 0 spiro atoms. The van der Waals surface area contributed by atoms with Crippen molar-refractivity contribution in [3.63, 3.8) is 0 Å². The number of nitrogens with one attached hydrogen (secondary N) is 1. The molecule has 3 rings (SSSR count). The SMILES string of the molecule is CCCCC.NC(=Nc1ccc(O)cc1)c1ccccn1.c1c[nH]cn1. The normalized spacial score (nSPS) is 10.2. The van der Waals surface area contributed by atoms with Crippen LogP contribution in [0.3, 0.4) is 0 Å². The molecule has 2 aromatic heterocycles. The third-order valence-corrected chi connectivity index (χ3v) is 3.14. The summed E-state index contributed by atoms with van der Waals surface area (Å²) in [5, 5.41) is 9.12. The fraction of sp³-hybridized carbons (Fsp3) is 0.250. The van der Waals surface area contributed by atoms with Crippen LogP contribution in [0.4, 0.5) is 5.69 Å². The maximum atomic E-state index is 9.12. The first kappa shape index (κ1) is 20.9. The van der Waals surface area contributed by atoms with E-state index in [9.17, 15) is 0 Å². The van der Waals surface area contributed by atoms with Crippen molar-refractivity contribution in [1.82, 2.24) is 15.0 Å². The lowest BCUT2D eigenvalue weighted by Crippen LogP contribution is -2.14. The Morgan fingerprint density at radius 3 is 2.23 bits per heavy atom. The minimum atomic E-state index is 0.204. The molecule has 0 radical (unpaired) electrons. The van der Waals surface area contributed by atoms with E-state index in [1.54, 1.807) is 55.2 Å². The quantitative estimate of drug-likeness (QED) is 0.477. The third-order valence-electron chi connectivity index (χ3n) is 3.14. The minimum absolute atomic E-state index is 0.204. The summed E-state index contributed by atoms with van der Waals surface area (Å²) in [6.07, 6.45) is 10.8. The van der Waals surface area contributed by atoms with Gasteiger partial charge >= 0.3 is 0 Å². The lowest BCUT2D eigenvalue weighted by molar-refractivity contribution is 0.475. The van der Waals surface area contributed by atoms with Crippen LogP contribution < -0.4 is 5.73 Å². The van der Waals surface area contributed by atoms with Gasteiger partial charge in [-0.15, -0.1) is 0 Å². The average Bonchev–Trinajstić information content (AvgIpc) is 3.26. The second-order valence-corrected chi connectivity index (χ2v) is 5.34. The fourth-order valence-corrected chi connectivity index (χ4v) is 1.81. The van der Waals surface area contributed by atoms with Gasteiger partial charge in [-0.2, -0.15) is 0 Å². The molecular weight excluding hydrogens is 326 g/mol. The number of pyridine rings is 1. The van der Waals surface area contributed by atoms with Crippen LogP contribution in [-0.2, 0) is 0 Å². The number of nitrogens with two attached hydrogens (primary N) is 1. The van der Waals surface area contributed by atoms with Gasteiger partial charge in [0.1, 0.15) is 17.3 Å². The summed E-state index contributed by atoms with van der Waals surface area (Å²) in [5.41, 5.74) is 7.11. The lowest BCUT2D eigenvalue weighted by Gasteiger charge is -1.99. The lowest BCUT2D eigenvalue weighted by atomic mass is 10.3. The highest BCUT2D eigenvalue weighted by molar-refractivity contribution is 5.97. The van der Waals surface area contributed by atoms with Gasteiger partial charge in [0.25, 0.3) is 0 Å². The summed E-state index contributed by atoms with van der Waals surface area (Å²) in [5.74, 6) is 0.557. The summed E-state index contributed by atoms with van der Waals surface area (Å²) >= 11 is 0. The van der Waals surface area contributed by atoms with Crippen molar-refractivity contribution in [2.75, 3.05) is 0 Å². The summed E-state index contributed by atoms with van der Waals surface area (Å²) < 4.78 is 0. The standard InChI is InChI=1S/C12H11N3O.C5H12.C3H4N2/c13-12(11-3-1-2-8-14-11)15-9-4-6-10(16)7-5-9;1-3-5-4-2;1-2-5-3-4-1/h1-8,16H,(H2,13,15);3-5H2,1-2H3;1-3H,(H,4,5). The zero-order valence-electron chi connectivity index (χ0n) is 15.3. The van der Waals surface area contributed by atoms with Crippen LogP contribution in [0, 0.1) is 0 Å². The number of aromatic amines is 1. The predicted molar refractivity (Wildman–Crippen MR) is 107 cm³/mol. The number of aromatic hydroxyl groups is 1. The molecule has 0 amide bonds. The molecule has 4 N–H and O–H groups in total. The number of nitrogens with zero attached hydrogens (tertiary/aromatic N) is 3. The average molecular weight is 353 g/mol. The largest absolute Gasteiger partial charge is 0.508 e. The van der Waals surface area contributed by atoms with Gasteiger partial charge in [-0.05, 0) is 36.4 Å². The summed E-state index contributed by atoms with van der Waals surface area (Å²) in [6, 6.07) is 11.9. The van der Waals surface area contributed by atoms with Crippen LogP contribution in [0.15, 0.2) is 72.4 Å². The Morgan fingerprint density at radius 1 is 1.08 bits per heavy atom. The number of amidine groups is 1. The van der Waals surface area contributed by atoms with Gasteiger partial charge in [-0.3, -0.25) is 4.98 Å². The minimum Gasteiger partial charge on any atom is -0.508 e. The van der Waals surface area contributed by atoms with E-state index in [-0.39, 0.29) is 5.75 Å². The van der Waals surface area contributed by atoms with E-state index < -0.39 is 0 Å². The van der Waals surface area contributed by atoms with Crippen molar-refractivity contribution < 1.29 is 5.11 Å². The van der Waals surface area contributed by atoms with Crippen LogP contribution in [-0.4, -0.2) is 25.9 Å². The van der Waals surface area contributed by atoms with Crippen LogP contribution in [0.5, 0.6) is 5.75 Å². The molecule has 0 aliphatic rings. The molecule has 138 valence electrons. The number of aliphatic imine (C=N–C) groups is 1. The van der Waals surface area contributed by atoms with E-state index in [1.165, 1.54) is 19.3 Å². The van der Waals surface area contributed by atoms with Gasteiger partial charge in [0.15, 0.2) is 0 Å². The molecule has 26 heavy (non-hydrogen) atoms. The topological polar surface area (TPSA) is 100 Å². The first-order chi connectivity index (χ1) is 12.7. The molecule has 3 aromatic rings. The highest BCUT2D eigenvalue weighted by Gasteiger charge is 1.98. The Hall–Kier alpha value is -3.15. The zero-order chi connectivity index (χ0) is 19.0. The first-order valence-corrected chi connectivity index (χ1v) is 8.64. The van der Waals surface area contributed by atoms with Crippen molar-refractivity contribution in [2.24, 2.45) is 10.7 Å². The second-order valence-electron chi connectivity index (χ2n) is 5.34. The highest BCUT2D eigenvalue weighted by atomic mass is 16.3. The third kappa shape index (κ3) is 9.22. The number of unbranched alkanes of at least 4 members (excludes halogenated alkanes) is 2. The van der Waals surface area contributed by atoms with E-state index in [1.807, 2.05) is 12.1 Å². The van der Waals surface area contributed by atoms with Crippen LogP contribution in [0.1, 0.15) is 38.8 Å². The van der Waals surface area contributed by atoms with E-state index in [0.29, 0.717) is 17.2 Å². The number of aromatic nitrogens is 3. The van der Waals surface area contributed by atoms with Gasteiger partial charge in [-0.25, -0.2) is 9.98 Å². The molecule has 0 bridgehead atoms. The monoisotopic (exact) mass is 353 g/mol. The number of imidazole rings is 1. The number of H-pyrrole nitrogens is 1. The molecule has 0 saturated heterocycles. The molecule has 6 heteroatoms. The molecule has 0 fully saturated rings. The fourth-order valence-electron chi connectivity index (χ4n) is 1.81. The smallest absolute Gasteiger partial charge is 0.150 e. The second kappa shape index (κ2) is 13.2. The van der Waals surface area contributed by atoms with E-state index in [2.05, 4.69) is 33.8 Å². The maximum absolute atomic E-state index is 9.12. The molecule has 0 unspecified atom stereocenters. The summed E-state index contributed by atoms with van der Waals surface area (Å²) in [4.78, 5) is 14.7. The number of hydrogen-bond donors (Lipinski definition) is 3. The predicted octanol–water partition coefficient (Wildman–Crippen LogP) is 4.43. The number of benzene rings is 1. The number of phenolic OH excluding ortho intramolecular Hbond substituents is 1. The van der Waals surface area contributed by atoms with Crippen molar-refractivity contribution in [3.8, 4) is 5.75 Å². The Labute approximate surface area is 154 Å². The van der Waals surface area contributed by atoms with E-state index in [4.69, 9.17) is 10.8 Å². The van der Waals surface area contributed by atoms with Gasteiger partial charge in [-0.1, -0.05) is 39.2 Å². The molecule has 0 aliphatic heterocycles. The Morgan fingerprint density at radius 2 is 1.81 bits per heavy atom. The van der Waals surface area contributed by atoms with Crippen LogP contribution in [0.25, 0.3) is 0 Å². The van der Waals surface area contributed by atoms with Crippen molar-refractivity contribution >= 4 is 11.5 Å². The summed E-state index contributed by atoms with van der Waals surface area (Å²) in [7, 11) is 0. The molecule has 6 nitrogen and oxygen atoms in total. The van der Waals surface area contributed by atoms with Gasteiger partial charge < -0.3 is 15.8 Å². The van der Waals surface area contributed by atoms with Crippen LogP contribution in [0.2, 0.25) is 0 Å². The molecule has 0 aliphatic carbocycles. The van der Waals surface area contributed by atoms with Crippen molar-refractivity contribution in [1.29, 1.82) is 0 Å². The maximum Gasteiger partial charge on any atom is 0.150 e. The van der Waals surface area contributed by atoms with Crippen molar-refractivity contribution in [2.45, 2.75) is 33.1 Å². The van der Waals surface area contributed by atoms with Gasteiger partial charge in [0.05, 0.1) is 12.0 Å². The van der Waals surface area contributed by atoms with Crippen LogP contribution >= 0.6 is 0 Å². The summed E-state index contributed by atoms with van der Waals surface area (Å²) in [6.45, 7) is 4.42. The molecular formula is C20H27N5O. The Kier molecular flexibility index (Phi) is 10.6. The number of rotatable bonds is 4.